The molecule has 0 aliphatic carbocycles. The molecule has 0 aromatic carbocycles. The van der Waals surface area contributed by atoms with Crippen LogP contribution in [0, 0.1) is 5.41 Å². The van der Waals surface area contributed by atoms with E-state index in [2.05, 4.69) is 0 Å². The number of amides is 1. The first-order valence-corrected chi connectivity index (χ1v) is 4.75. The summed E-state index contributed by atoms with van der Waals surface area (Å²) in [7, 11) is 1.35. The van der Waals surface area contributed by atoms with E-state index < -0.39 is 24.4 Å². The lowest BCUT2D eigenvalue weighted by Crippen LogP contribution is -2.51. The molecule has 0 saturated carbocycles. The molecule has 1 aliphatic rings. The molecule has 1 saturated heterocycles. The van der Waals surface area contributed by atoms with Crippen LogP contribution in [0.4, 0.5) is 8.78 Å². The van der Waals surface area contributed by atoms with Gasteiger partial charge in [0.15, 0.2) is 0 Å². The molecule has 0 bridgehead atoms. The van der Waals surface area contributed by atoms with Crippen molar-refractivity contribution in [2.24, 2.45) is 11.1 Å². The summed E-state index contributed by atoms with van der Waals surface area (Å²) in [6, 6.07) is -0.426. The molecule has 0 spiro atoms. The molecule has 6 heteroatoms. The number of alkyl halides is 2. The minimum Gasteiger partial charge on any atom is -0.379 e. The third-order valence-electron chi connectivity index (χ3n) is 2.76. The Kier molecular flexibility index (Phi) is 3.62. The lowest BCUT2D eigenvalue weighted by Gasteiger charge is -2.30. The highest BCUT2D eigenvalue weighted by molar-refractivity contribution is 5.83. The Labute approximate surface area is 87.4 Å². The Morgan fingerprint density at radius 3 is 2.73 bits per heavy atom. The normalized spacial score (nSPS) is 30.9. The van der Waals surface area contributed by atoms with Crippen molar-refractivity contribution in [2.45, 2.75) is 19.4 Å². The number of carbonyl (C=O) groups is 1. The van der Waals surface area contributed by atoms with Crippen LogP contribution in [0.3, 0.4) is 0 Å². The second kappa shape index (κ2) is 4.40. The number of hydrogen-bond donors (Lipinski definition) is 1. The molecule has 4 nitrogen and oxygen atoms in total. The standard InChI is InChI=1S/C9H16F2N2O2/c1-9(5-15-4-6(9)12)8(14)13(2)3-7(10)11/h6-7H,3-5,12H2,1-2H3. The van der Waals surface area contributed by atoms with Crippen LogP contribution in [0.15, 0.2) is 0 Å². The van der Waals surface area contributed by atoms with Gasteiger partial charge in [-0.2, -0.15) is 0 Å². The number of rotatable bonds is 3. The summed E-state index contributed by atoms with van der Waals surface area (Å²) in [6.07, 6.45) is -2.53. The molecule has 1 amide bonds. The van der Waals surface area contributed by atoms with Crippen LogP contribution in [-0.2, 0) is 9.53 Å². The van der Waals surface area contributed by atoms with Crippen molar-refractivity contribution < 1.29 is 18.3 Å². The Morgan fingerprint density at radius 2 is 2.33 bits per heavy atom. The molecule has 1 rings (SSSR count). The minimum absolute atomic E-state index is 0.195. The van der Waals surface area contributed by atoms with Gasteiger partial charge in [0.05, 0.1) is 25.2 Å². The van der Waals surface area contributed by atoms with Gasteiger partial charge in [-0.25, -0.2) is 8.78 Å². The topological polar surface area (TPSA) is 55.6 Å². The van der Waals surface area contributed by atoms with Gasteiger partial charge >= 0.3 is 0 Å². The lowest BCUT2D eigenvalue weighted by atomic mass is 9.84. The van der Waals surface area contributed by atoms with E-state index in [4.69, 9.17) is 10.5 Å². The molecular formula is C9H16F2N2O2. The number of carbonyl (C=O) groups excluding carboxylic acids is 1. The van der Waals surface area contributed by atoms with Crippen molar-refractivity contribution in [1.29, 1.82) is 0 Å². The highest BCUT2D eigenvalue weighted by Gasteiger charge is 2.45. The summed E-state index contributed by atoms with van der Waals surface area (Å²) >= 11 is 0. The maximum Gasteiger partial charge on any atom is 0.255 e. The van der Waals surface area contributed by atoms with Crippen LogP contribution in [-0.4, -0.2) is 50.1 Å². The number of nitrogens with two attached hydrogens (primary N) is 1. The average Bonchev–Trinajstić information content (AvgIpc) is 2.46. The third-order valence-corrected chi connectivity index (χ3v) is 2.76. The number of hydrogen-bond acceptors (Lipinski definition) is 3. The van der Waals surface area contributed by atoms with E-state index in [0.717, 1.165) is 4.90 Å². The third kappa shape index (κ3) is 2.43. The van der Waals surface area contributed by atoms with Gasteiger partial charge in [-0.3, -0.25) is 4.79 Å². The van der Waals surface area contributed by atoms with Crippen LogP contribution in [0.5, 0.6) is 0 Å². The summed E-state index contributed by atoms with van der Waals surface area (Å²) in [5.74, 6) is -0.382. The molecular weight excluding hydrogens is 206 g/mol. The van der Waals surface area contributed by atoms with Gasteiger partial charge in [0.1, 0.15) is 0 Å². The summed E-state index contributed by atoms with van der Waals surface area (Å²) in [5.41, 5.74) is 4.85. The molecule has 1 aliphatic heterocycles. The molecule has 0 aromatic heterocycles. The molecule has 2 atom stereocenters. The van der Waals surface area contributed by atoms with Gasteiger partial charge in [0.25, 0.3) is 6.43 Å². The maximum atomic E-state index is 12.1. The highest BCUT2D eigenvalue weighted by Crippen LogP contribution is 2.29. The molecule has 2 N–H and O–H groups in total. The van der Waals surface area contributed by atoms with Gasteiger partial charge in [-0.05, 0) is 6.92 Å². The number of ether oxygens (including phenoxy) is 1. The van der Waals surface area contributed by atoms with Crippen LogP contribution < -0.4 is 5.73 Å². The van der Waals surface area contributed by atoms with E-state index in [9.17, 15) is 13.6 Å². The van der Waals surface area contributed by atoms with E-state index in [1.54, 1.807) is 6.92 Å². The van der Waals surface area contributed by atoms with Crippen molar-refractivity contribution >= 4 is 5.91 Å². The second-order valence-corrected chi connectivity index (χ2v) is 4.12. The van der Waals surface area contributed by atoms with E-state index in [1.807, 2.05) is 0 Å². The minimum atomic E-state index is -2.53. The van der Waals surface area contributed by atoms with Crippen molar-refractivity contribution in [3.63, 3.8) is 0 Å². The molecule has 0 radical (unpaired) electrons. The summed E-state index contributed by atoms with van der Waals surface area (Å²) in [4.78, 5) is 12.9. The van der Waals surface area contributed by atoms with Crippen molar-refractivity contribution in [3.8, 4) is 0 Å². The highest BCUT2D eigenvalue weighted by atomic mass is 19.3. The monoisotopic (exact) mass is 222 g/mol. The van der Waals surface area contributed by atoms with E-state index in [0.29, 0.717) is 6.61 Å². The zero-order chi connectivity index (χ0) is 11.6. The van der Waals surface area contributed by atoms with Gasteiger partial charge in [0.2, 0.25) is 5.91 Å². The van der Waals surface area contributed by atoms with Gasteiger partial charge in [-0.1, -0.05) is 0 Å². The zero-order valence-corrected chi connectivity index (χ0v) is 8.87. The number of halogens is 2. The fraction of sp³-hybridized carbons (Fsp3) is 0.889. The SMILES string of the molecule is CN(CC(F)F)C(=O)C1(C)COCC1N. The maximum absolute atomic E-state index is 12.1. The fourth-order valence-electron chi connectivity index (χ4n) is 1.64. The second-order valence-electron chi connectivity index (χ2n) is 4.12. The van der Waals surface area contributed by atoms with Crippen LogP contribution >= 0.6 is 0 Å². The summed E-state index contributed by atoms with van der Waals surface area (Å²) < 4.78 is 29.3. The molecule has 15 heavy (non-hydrogen) atoms. The smallest absolute Gasteiger partial charge is 0.255 e. The van der Waals surface area contributed by atoms with Crippen LogP contribution in [0.25, 0.3) is 0 Å². The fourth-order valence-corrected chi connectivity index (χ4v) is 1.64. The molecule has 0 aromatic rings. The van der Waals surface area contributed by atoms with Crippen molar-refractivity contribution in [3.05, 3.63) is 0 Å². The lowest BCUT2D eigenvalue weighted by molar-refractivity contribution is -0.142. The predicted octanol–water partition coefficient (Wildman–Crippen LogP) is 0.0737. The first-order chi connectivity index (χ1) is 6.88. The molecule has 1 heterocycles. The Hall–Kier alpha value is -0.750. The predicted molar refractivity (Wildman–Crippen MR) is 50.5 cm³/mol. The molecule has 1 fully saturated rings. The average molecular weight is 222 g/mol. The van der Waals surface area contributed by atoms with Gasteiger partial charge in [-0.15, -0.1) is 0 Å². The summed E-state index contributed by atoms with van der Waals surface area (Å²) in [6.45, 7) is 1.57. The number of nitrogens with zero attached hydrogens (tertiary/aromatic N) is 1. The van der Waals surface area contributed by atoms with Crippen LogP contribution in [0.2, 0.25) is 0 Å². The summed E-state index contributed by atoms with van der Waals surface area (Å²) in [5, 5.41) is 0. The Morgan fingerprint density at radius 1 is 1.73 bits per heavy atom. The van der Waals surface area contributed by atoms with Crippen molar-refractivity contribution in [2.75, 3.05) is 26.8 Å². The van der Waals surface area contributed by atoms with Crippen LogP contribution in [0.1, 0.15) is 6.92 Å². The quantitative estimate of drug-likeness (QED) is 0.735. The van der Waals surface area contributed by atoms with E-state index in [1.165, 1.54) is 7.05 Å². The van der Waals surface area contributed by atoms with Gasteiger partial charge < -0.3 is 15.4 Å². The molecule has 2 unspecified atom stereocenters. The zero-order valence-electron chi connectivity index (χ0n) is 8.87. The van der Waals surface area contributed by atoms with E-state index in [-0.39, 0.29) is 12.5 Å². The van der Waals surface area contributed by atoms with Gasteiger partial charge in [0, 0.05) is 13.1 Å². The molecule has 88 valence electrons. The first-order valence-electron chi connectivity index (χ1n) is 4.75. The first kappa shape index (κ1) is 12.3. The van der Waals surface area contributed by atoms with E-state index >= 15 is 0 Å². The van der Waals surface area contributed by atoms with Crippen molar-refractivity contribution in [1.82, 2.24) is 4.90 Å². The Balaban J connectivity index is 2.66. The largest absolute Gasteiger partial charge is 0.379 e. The Bertz CT molecular complexity index is 250.